The zero-order chi connectivity index (χ0) is 18.2. The Morgan fingerprint density at radius 3 is 2.76 bits per heavy atom. The summed E-state index contributed by atoms with van der Waals surface area (Å²) < 4.78 is 10.3. The van der Waals surface area contributed by atoms with E-state index in [4.69, 9.17) is 9.47 Å². The Morgan fingerprint density at radius 1 is 1.32 bits per heavy atom. The van der Waals surface area contributed by atoms with Crippen LogP contribution in [0.5, 0.6) is 5.75 Å². The molecule has 0 radical (unpaired) electrons. The second kappa shape index (κ2) is 9.42. The van der Waals surface area contributed by atoms with Gasteiger partial charge in [0.1, 0.15) is 5.75 Å². The number of allylic oxidation sites excluding steroid dienone is 1. The van der Waals surface area contributed by atoms with Crippen molar-refractivity contribution in [2.24, 2.45) is 0 Å². The highest BCUT2D eigenvalue weighted by Crippen LogP contribution is 2.29. The van der Waals surface area contributed by atoms with Gasteiger partial charge in [-0.2, -0.15) is 0 Å². The normalized spacial score (nSPS) is 20.6. The number of likely N-dealkylation sites (tertiary alicyclic amines) is 1. The maximum absolute atomic E-state index is 11.6. The maximum Gasteiger partial charge on any atom is 0.330 e. The lowest BCUT2D eigenvalue weighted by Gasteiger charge is -2.35. The minimum Gasteiger partial charge on any atom is -0.496 e. The number of carbonyl (C=O) groups excluding carboxylic acids is 1. The van der Waals surface area contributed by atoms with Crippen LogP contribution in [0, 0.1) is 0 Å². The monoisotopic (exact) mass is 343 g/mol. The molecule has 4 heteroatoms. The Labute approximate surface area is 151 Å². The van der Waals surface area contributed by atoms with E-state index in [-0.39, 0.29) is 12.0 Å². The fourth-order valence-corrected chi connectivity index (χ4v) is 3.39. The summed E-state index contributed by atoms with van der Waals surface area (Å²) in [6.45, 7) is 6.36. The molecule has 1 aliphatic heterocycles. The second-order valence-electron chi connectivity index (χ2n) is 6.43. The number of hydrogen-bond acceptors (Lipinski definition) is 4. The van der Waals surface area contributed by atoms with E-state index in [9.17, 15) is 4.79 Å². The first kappa shape index (κ1) is 19.3. The highest BCUT2D eigenvalue weighted by Gasteiger charge is 2.23. The average Bonchev–Trinajstić information content (AvgIpc) is 2.63. The zero-order valence-corrected chi connectivity index (χ0v) is 15.7. The van der Waals surface area contributed by atoms with E-state index >= 15 is 0 Å². The lowest BCUT2D eigenvalue weighted by atomic mass is 9.93. The largest absolute Gasteiger partial charge is 0.496 e. The van der Waals surface area contributed by atoms with Crippen molar-refractivity contribution in [3.63, 3.8) is 0 Å². The minimum absolute atomic E-state index is 0.261. The fourth-order valence-electron chi connectivity index (χ4n) is 3.39. The van der Waals surface area contributed by atoms with E-state index in [2.05, 4.69) is 30.9 Å². The molecule has 0 aromatic heterocycles. The molecule has 0 spiro atoms. The number of piperidine rings is 1. The van der Waals surface area contributed by atoms with Crippen LogP contribution in [0.2, 0.25) is 0 Å². The molecule has 1 aromatic carbocycles. The summed E-state index contributed by atoms with van der Waals surface area (Å²) in [6.07, 6.45) is 6.86. The first-order valence-electron chi connectivity index (χ1n) is 8.92. The van der Waals surface area contributed by atoms with Gasteiger partial charge in [-0.3, -0.25) is 4.90 Å². The first-order valence-corrected chi connectivity index (χ1v) is 8.92. The number of ether oxygens (including phenoxy) is 2. The molecule has 0 amide bonds. The van der Waals surface area contributed by atoms with E-state index in [0.29, 0.717) is 0 Å². The van der Waals surface area contributed by atoms with Gasteiger partial charge in [0.2, 0.25) is 0 Å². The summed E-state index contributed by atoms with van der Waals surface area (Å²) in [6, 6.07) is 8.37. The molecular weight excluding hydrogens is 314 g/mol. The molecule has 1 heterocycles. The van der Waals surface area contributed by atoms with Crippen molar-refractivity contribution in [3.8, 4) is 5.75 Å². The smallest absolute Gasteiger partial charge is 0.330 e. The summed E-state index contributed by atoms with van der Waals surface area (Å²) in [5, 5.41) is 0. The van der Waals surface area contributed by atoms with Crippen LogP contribution in [-0.4, -0.2) is 44.2 Å². The molecule has 0 aliphatic carbocycles. The van der Waals surface area contributed by atoms with Crippen molar-refractivity contribution in [3.05, 3.63) is 47.6 Å². The number of benzene rings is 1. The lowest BCUT2D eigenvalue weighted by Crippen LogP contribution is -2.39. The van der Waals surface area contributed by atoms with Gasteiger partial charge in [-0.15, -0.1) is 0 Å². The Morgan fingerprint density at radius 2 is 2.08 bits per heavy atom. The molecule has 0 saturated carbocycles. The number of carbonyl (C=O) groups is 1. The summed E-state index contributed by atoms with van der Waals surface area (Å²) in [7, 11) is 3.13. The van der Waals surface area contributed by atoms with E-state index < -0.39 is 0 Å². The van der Waals surface area contributed by atoms with E-state index in [1.807, 2.05) is 18.2 Å². The van der Waals surface area contributed by atoms with Crippen molar-refractivity contribution >= 4 is 11.5 Å². The lowest BCUT2D eigenvalue weighted by molar-refractivity contribution is -0.134. The Bertz CT molecular complexity index is 648. The molecule has 1 atom stereocenters. The van der Waals surface area contributed by atoms with Gasteiger partial charge >= 0.3 is 5.97 Å². The van der Waals surface area contributed by atoms with Crippen molar-refractivity contribution in [1.29, 1.82) is 0 Å². The zero-order valence-electron chi connectivity index (χ0n) is 15.7. The van der Waals surface area contributed by atoms with Crippen molar-refractivity contribution in [2.75, 3.05) is 27.3 Å². The van der Waals surface area contributed by atoms with Crippen LogP contribution in [0.3, 0.4) is 0 Å². The van der Waals surface area contributed by atoms with Crippen LogP contribution in [0.4, 0.5) is 0 Å². The van der Waals surface area contributed by atoms with E-state index in [1.54, 1.807) is 13.2 Å². The van der Waals surface area contributed by atoms with Gasteiger partial charge in [-0.1, -0.05) is 36.8 Å². The second-order valence-corrected chi connectivity index (χ2v) is 6.43. The molecule has 1 saturated heterocycles. The van der Waals surface area contributed by atoms with Crippen molar-refractivity contribution in [2.45, 2.75) is 39.2 Å². The Balaban J connectivity index is 2.27. The fraction of sp³-hybridized carbons (Fsp3) is 0.476. The molecule has 0 N–H and O–H groups in total. The Hall–Kier alpha value is -2.07. The van der Waals surface area contributed by atoms with Gasteiger partial charge in [0.15, 0.2) is 0 Å². The van der Waals surface area contributed by atoms with Crippen LogP contribution < -0.4 is 4.74 Å². The third-order valence-electron chi connectivity index (χ3n) is 4.67. The van der Waals surface area contributed by atoms with Gasteiger partial charge in [-0.25, -0.2) is 4.79 Å². The third-order valence-corrected chi connectivity index (χ3v) is 4.67. The van der Waals surface area contributed by atoms with Gasteiger partial charge in [0.05, 0.1) is 14.2 Å². The molecule has 1 aliphatic rings. The van der Waals surface area contributed by atoms with Crippen molar-refractivity contribution in [1.82, 2.24) is 4.90 Å². The molecule has 25 heavy (non-hydrogen) atoms. The van der Waals surface area contributed by atoms with Crippen LogP contribution >= 0.6 is 0 Å². The number of para-hydroxylation sites is 1. The molecule has 136 valence electrons. The molecule has 4 nitrogen and oxygen atoms in total. The van der Waals surface area contributed by atoms with Gasteiger partial charge in [-0.05, 0) is 44.4 Å². The molecular formula is C21H29NO3. The van der Waals surface area contributed by atoms with Crippen LogP contribution in [0.25, 0.3) is 5.57 Å². The summed E-state index contributed by atoms with van der Waals surface area (Å²) in [5.41, 5.74) is 3.47. The summed E-state index contributed by atoms with van der Waals surface area (Å²) in [5.74, 6) is 0.627. The predicted octanol–water partition coefficient (Wildman–Crippen LogP) is 4.07. The number of nitrogens with zero attached hydrogens (tertiary/aromatic N) is 1. The number of hydrogen-bond donors (Lipinski definition) is 0. The quantitative estimate of drug-likeness (QED) is 0.576. The van der Waals surface area contributed by atoms with E-state index in [1.165, 1.54) is 12.7 Å². The summed E-state index contributed by atoms with van der Waals surface area (Å²) >= 11 is 0. The molecule has 1 aromatic rings. The average molecular weight is 343 g/mol. The summed E-state index contributed by atoms with van der Waals surface area (Å²) in [4.78, 5) is 14.1. The number of rotatable bonds is 6. The van der Waals surface area contributed by atoms with Crippen molar-refractivity contribution < 1.29 is 14.3 Å². The van der Waals surface area contributed by atoms with Gasteiger partial charge in [0, 0.05) is 24.2 Å². The van der Waals surface area contributed by atoms with Crippen LogP contribution in [-0.2, 0) is 9.53 Å². The minimum atomic E-state index is -0.261. The topological polar surface area (TPSA) is 38.8 Å². The van der Waals surface area contributed by atoms with E-state index in [0.717, 1.165) is 49.2 Å². The number of methoxy groups -OCH3 is 2. The number of esters is 1. The standard InChI is InChI=1S/C21H29NO3/c1-5-11-22-12-10-17(15-21(23)25-4)14-18(22)13-16(2)19-8-6-7-9-20(19)24-3/h6-9,13,15,18H,5,10-12,14H2,1-4H3/b16-13+,17-15-. The van der Waals surface area contributed by atoms with Gasteiger partial charge < -0.3 is 9.47 Å². The first-order chi connectivity index (χ1) is 12.1. The predicted molar refractivity (Wildman–Crippen MR) is 102 cm³/mol. The highest BCUT2D eigenvalue weighted by atomic mass is 16.5. The molecule has 1 fully saturated rings. The third kappa shape index (κ3) is 5.20. The van der Waals surface area contributed by atoms with Crippen LogP contribution in [0.1, 0.15) is 38.7 Å². The maximum atomic E-state index is 11.6. The molecule has 0 bridgehead atoms. The highest BCUT2D eigenvalue weighted by molar-refractivity contribution is 5.82. The van der Waals surface area contributed by atoms with Crippen LogP contribution in [0.15, 0.2) is 42.0 Å². The molecule has 1 unspecified atom stereocenters. The Kier molecular flexibility index (Phi) is 7.26. The SMILES string of the molecule is CCCN1CC/C(=C/C(=O)OC)CC1/C=C(\C)c1ccccc1OC. The van der Waals surface area contributed by atoms with Gasteiger partial charge in [0.25, 0.3) is 0 Å². The molecule has 2 rings (SSSR count).